The van der Waals surface area contributed by atoms with Gasteiger partial charge in [-0.3, -0.25) is 0 Å². The Morgan fingerprint density at radius 2 is 1.62 bits per heavy atom. The molecule has 0 fully saturated rings. The Morgan fingerprint density at radius 3 is 2.22 bits per heavy atom. The van der Waals surface area contributed by atoms with Crippen LogP contribution in [0.1, 0.15) is 12.8 Å². The lowest BCUT2D eigenvalue weighted by Crippen LogP contribution is -2.37. The van der Waals surface area contributed by atoms with Gasteiger partial charge in [-0.15, -0.1) is 9.24 Å². The van der Waals surface area contributed by atoms with Crippen LogP contribution in [0.3, 0.4) is 0 Å². The second kappa shape index (κ2) is 9.40. The number of alkyl halides is 6. The monoisotopic (exact) mass is 497 g/mol. The summed E-state index contributed by atoms with van der Waals surface area (Å²) in [7, 11) is 1.55. The second-order valence-electron chi connectivity index (χ2n) is 6.91. The minimum absolute atomic E-state index is 0.0480. The average molecular weight is 497 g/mol. The maximum Gasteiger partial charge on any atom is 0.392 e. The third-order valence-electron chi connectivity index (χ3n) is 4.13. The molecule has 0 saturated carbocycles. The molecule has 1 atom stereocenters. The van der Waals surface area contributed by atoms with E-state index in [-0.39, 0.29) is 12.5 Å². The molecular weight excluding hydrogens is 479 g/mol. The summed E-state index contributed by atoms with van der Waals surface area (Å²) in [6.45, 7) is -0.527. The van der Waals surface area contributed by atoms with Crippen LogP contribution in [-0.4, -0.2) is 43.8 Å². The predicted octanol–water partition coefficient (Wildman–Crippen LogP) is 5.05. The molecule has 2 heterocycles. The number of hydrogen-bond donors (Lipinski definition) is 1. The smallest absolute Gasteiger partial charge is 0.369 e. The number of nitrogens with zero attached hydrogens (tertiary/aromatic N) is 4. The molecule has 0 amide bonds. The van der Waals surface area contributed by atoms with E-state index >= 15 is 0 Å². The SMILES string of the molecule is Nc1nc(Sc2ccccc2)c2ncn(CCOC(P)(CC(F)(F)F)CC(F)(F)F)c2n1. The van der Waals surface area contributed by atoms with Crippen molar-refractivity contribution in [2.75, 3.05) is 12.3 Å². The maximum atomic E-state index is 12.8. The fourth-order valence-corrected chi connectivity index (χ4v) is 4.44. The molecule has 0 aliphatic heterocycles. The maximum absolute atomic E-state index is 12.8. The highest BCUT2D eigenvalue weighted by Gasteiger charge is 2.47. The van der Waals surface area contributed by atoms with Crippen LogP contribution < -0.4 is 5.73 Å². The fraction of sp³-hybridized carbons (Fsp3) is 0.389. The van der Waals surface area contributed by atoms with Crippen LogP contribution >= 0.6 is 21.0 Å². The van der Waals surface area contributed by atoms with Crippen LogP contribution in [-0.2, 0) is 11.3 Å². The molecule has 0 radical (unpaired) electrons. The van der Waals surface area contributed by atoms with Crippen molar-refractivity contribution in [1.29, 1.82) is 0 Å². The molecular formula is C18H18F6N5OPS. The molecule has 2 aromatic heterocycles. The van der Waals surface area contributed by atoms with Gasteiger partial charge in [0.25, 0.3) is 0 Å². The van der Waals surface area contributed by atoms with E-state index < -0.39 is 37.1 Å². The van der Waals surface area contributed by atoms with Gasteiger partial charge in [0.2, 0.25) is 5.95 Å². The summed E-state index contributed by atoms with van der Waals surface area (Å²) in [5.41, 5.74) is 6.47. The number of anilines is 1. The van der Waals surface area contributed by atoms with Gasteiger partial charge in [-0.25, -0.2) is 9.97 Å². The van der Waals surface area contributed by atoms with Crippen LogP contribution in [0.15, 0.2) is 46.6 Å². The summed E-state index contributed by atoms with van der Waals surface area (Å²) < 4.78 is 83.3. The molecule has 0 spiro atoms. The summed E-state index contributed by atoms with van der Waals surface area (Å²) in [5, 5.41) is -2.07. The topological polar surface area (TPSA) is 78.8 Å². The van der Waals surface area contributed by atoms with Crippen LogP contribution in [0.4, 0.5) is 32.3 Å². The lowest BCUT2D eigenvalue weighted by Gasteiger charge is -2.31. The van der Waals surface area contributed by atoms with Crippen LogP contribution in [0.2, 0.25) is 0 Å². The largest absolute Gasteiger partial charge is 0.392 e. The molecule has 0 bridgehead atoms. The summed E-state index contributed by atoms with van der Waals surface area (Å²) in [5.74, 6) is -0.0480. The zero-order valence-corrected chi connectivity index (χ0v) is 18.3. The number of aromatic nitrogens is 4. The molecule has 1 unspecified atom stereocenters. The highest BCUT2D eigenvalue weighted by atomic mass is 32.2. The molecule has 0 aliphatic carbocycles. The number of nitrogen functional groups attached to an aromatic ring is 1. The van der Waals surface area contributed by atoms with Gasteiger partial charge >= 0.3 is 12.4 Å². The summed E-state index contributed by atoms with van der Waals surface area (Å²) >= 11 is 1.29. The van der Waals surface area contributed by atoms with Crippen molar-refractivity contribution in [3.8, 4) is 0 Å². The first-order valence-electron chi connectivity index (χ1n) is 9.11. The van der Waals surface area contributed by atoms with E-state index in [4.69, 9.17) is 10.5 Å². The molecule has 174 valence electrons. The molecule has 0 saturated heterocycles. The number of ether oxygens (including phenoxy) is 1. The Morgan fingerprint density at radius 1 is 1.00 bits per heavy atom. The van der Waals surface area contributed by atoms with Gasteiger partial charge in [0.05, 0.1) is 31.1 Å². The van der Waals surface area contributed by atoms with E-state index in [0.29, 0.717) is 16.2 Å². The van der Waals surface area contributed by atoms with Crippen molar-refractivity contribution in [3.05, 3.63) is 36.7 Å². The molecule has 32 heavy (non-hydrogen) atoms. The summed E-state index contributed by atoms with van der Waals surface area (Å²) in [4.78, 5) is 13.4. The Hall–Kier alpha value is -2.11. The first-order valence-corrected chi connectivity index (χ1v) is 10.5. The van der Waals surface area contributed by atoms with E-state index in [1.165, 1.54) is 22.7 Å². The van der Waals surface area contributed by atoms with E-state index in [9.17, 15) is 26.3 Å². The van der Waals surface area contributed by atoms with Gasteiger partial charge in [0.1, 0.15) is 10.5 Å². The first-order chi connectivity index (χ1) is 14.8. The minimum Gasteiger partial charge on any atom is -0.369 e. The third kappa shape index (κ3) is 6.94. The highest BCUT2D eigenvalue weighted by Crippen LogP contribution is 2.42. The van der Waals surface area contributed by atoms with Crippen molar-refractivity contribution in [2.45, 2.75) is 47.0 Å². The summed E-state index contributed by atoms with van der Waals surface area (Å²) in [6, 6.07) is 9.26. The van der Waals surface area contributed by atoms with E-state index in [1.807, 2.05) is 30.3 Å². The quantitative estimate of drug-likeness (QED) is 0.267. The van der Waals surface area contributed by atoms with Crippen molar-refractivity contribution in [3.63, 3.8) is 0 Å². The van der Waals surface area contributed by atoms with Crippen molar-refractivity contribution in [2.24, 2.45) is 0 Å². The average Bonchev–Trinajstić information content (AvgIpc) is 3.02. The van der Waals surface area contributed by atoms with Gasteiger partial charge in [0.15, 0.2) is 5.65 Å². The number of fused-ring (bicyclic) bond motifs is 1. The minimum atomic E-state index is -4.83. The standard InChI is InChI=1S/C18H18F6N5OPS/c19-17(20,21)8-16(31,9-18(22,23)24)30-7-6-29-10-26-12-13(29)27-15(25)28-14(12)32-11-4-2-1-3-5-11/h1-5,10H,6-9,31H2,(H2,25,27,28). The van der Waals surface area contributed by atoms with Crippen molar-refractivity contribution < 1.29 is 31.1 Å². The Labute approximate surface area is 185 Å². The molecule has 1 aromatic carbocycles. The van der Waals surface area contributed by atoms with Gasteiger partial charge < -0.3 is 15.0 Å². The zero-order valence-electron chi connectivity index (χ0n) is 16.3. The van der Waals surface area contributed by atoms with Gasteiger partial charge in [-0.1, -0.05) is 30.0 Å². The van der Waals surface area contributed by atoms with E-state index in [1.54, 1.807) is 9.24 Å². The first kappa shape index (κ1) is 24.5. The molecule has 14 heteroatoms. The number of imidazole rings is 1. The Bertz CT molecular complexity index is 1040. The second-order valence-corrected chi connectivity index (χ2v) is 9.02. The van der Waals surface area contributed by atoms with Gasteiger partial charge in [0, 0.05) is 11.4 Å². The normalized spacial score (nSPS) is 13.1. The number of hydrogen-bond acceptors (Lipinski definition) is 6. The molecule has 2 N–H and O–H groups in total. The van der Waals surface area contributed by atoms with E-state index in [0.717, 1.165) is 4.90 Å². The predicted molar refractivity (Wildman–Crippen MR) is 110 cm³/mol. The van der Waals surface area contributed by atoms with Crippen molar-refractivity contribution >= 4 is 38.1 Å². The third-order valence-corrected chi connectivity index (χ3v) is 5.69. The Kier molecular flexibility index (Phi) is 7.21. The fourth-order valence-electron chi connectivity index (χ4n) is 2.96. The highest BCUT2D eigenvalue weighted by molar-refractivity contribution is 7.99. The van der Waals surface area contributed by atoms with E-state index in [2.05, 4.69) is 15.0 Å². The van der Waals surface area contributed by atoms with Crippen molar-refractivity contribution in [1.82, 2.24) is 19.5 Å². The van der Waals surface area contributed by atoms with Gasteiger partial charge in [-0.05, 0) is 12.1 Å². The number of nitrogens with two attached hydrogens (primary N) is 1. The number of halogens is 6. The molecule has 3 rings (SSSR count). The van der Waals surface area contributed by atoms with Crippen LogP contribution in [0.5, 0.6) is 0 Å². The number of benzene rings is 1. The molecule has 6 nitrogen and oxygen atoms in total. The van der Waals surface area contributed by atoms with Crippen LogP contribution in [0.25, 0.3) is 11.2 Å². The zero-order chi connectivity index (χ0) is 23.6. The lowest BCUT2D eigenvalue weighted by molar-refractivity contribution is -0.205. The summed E-state index contributed by atoms with van der Waals surface area (Å²) in [6.07, 6.45) is -11.8. The lowest BCUT2D eigenvalue weighted by atomic mass is 10.1. The number of rotatable bonds is 8. The molecule has 3 aromatic rings. The molecule has 0 aliphatic rings. The van der Waals surface area contributed by atoms with Crippen LogP contribution in [0, 0.1) is 0 Å². The Balaban J connectivity index is 1.77. The van der Waals surface area contributed by atoms with Gasteiger partial charge in [-0.2, -0.15) is 31.3 Å².